The van der Waals surface area contributed by atoms with E-state index in [9.17, 15) is 9.90 Å². The molecule has 4 rings (SSSR count). The van der Waals surface area contributed by atoms with Gasteiger partial charge in [-0.3, -0.25) is 19.5 Å². The summed E-state index contributed by atoms with van der Waals surface area (Å²) in [6.07, 6.45) is 5.51. The number of amides is 1. The zero-order chi connectivity index (χ0) is 73.0. The third-order valence-electron chi connectivity index (χ3n) is 16.9. The van der Waals surface area contributed by atoms with Gasteiger partial charge in [0, 0.05) is 133 Å². The van der Waals surface area contributed by atoms with E-state index in [-0.39, 0.29) is 34.0 Å². The van der Waals surface area contributed by atoms with Crippen molar-refractivity contribution in [3.8, 4) is 0 Å². The molecule has 4 fully saturated rings. The molecule has 2 atom stereocenters. The number of nitrogens with one attached hydrogen (secondary N) is 3. The van der Waals surface area contributed by atoms with Crippen LogP contribution in [-0.4, -0.2) is 336 Å². The zero-order valence-corrected chi connectivity index (χ0v) is 67.8. The molecule has 1 aliphatic carbocycles. The zero-order valence-electron chi connectivity index (χ0n) is 67.8. The first kappa shape index (κ1) is 109. The highest BCUT2D eigenvalue weighted by molar-refractivity contribution is 5.78. The predicted molar refractivity (Wildman–Crippen MR) is 419 cm³/mol. The van der Waals surface area contributed by atoms with Gasteiger partial charge in [0.25, 0.3) is 0 Å². The summed E-state index contributed by atoms with van der Waals surface area (Å²) in [6.45, 7) is 67.1. The van der Waals surface area contributed by atoms with E-state index in [1.807, 2.05) is 27.9 Å². The average Bonchev–Trinajstić information content (AvgIpc) is 2.69. The molecule has 0 aromatic heterocycles. The van der Waals surface area contributed by atoms with Crippen molar-refractivity contribution in [3.05, 3.63) is 0 Å². The third kappa shape index (κ3) is 75.0. The van der Waals surface area contributed by atoms with Gasteiger partial charge in [0.2, 0.25) is 5.91 Å². The number of nitrogens with two attached hydrogens (primary N) is 1. The Balaban J connectivity index is -0.000000148. The van der Waals surface area contributed by atoms with Gasteiger partial charge in [0.05, 0.1) is 25.9 Å². The molecule has 0 spiro atoms. The Morgan fingerprint density at radius 3 is 1.23 bits per heavy atom. The van der Waals surface area contributed by atoms with Crippen molar-refractivity contribution in [3.63, 3.8) is 0 Å². The summed E-state index contributed by atoms with van der Waals surface area (Å²) >= 11 is 0. The van der Waals surface area contributed by atoms with Crippen LogP contribution in [0.3, 0.4) is 0 Å². The van der Waals surface area contributed by atoms with E-state index in [0.717, 1.165) is 89.2 Å². The summed E-state index contributed by atoms with van der Waals surface area (Å²) in [5.74, 6) is 2.13. The van der Waals surface area contributed by atoms with Crippen LogP contribution in [0.4, 0.5) is 0 Å². The van der Waals surface area contributed by atoms with Crippen LogP contribution in [0.15, 0.2) is 0 Å². The Morgan fingerprint density at radius 2 is 0.957 bits per heavy atom. The molecule has 1 saturated carbocycles. The van der Waals surface area contributed by atoms with Crippen LogP contribution in [-0.2, 0) is 4.79 Å². The number of piperazine rings is 2. The fourth-order valence-corrected chi connectivity index (χ4v) is 8.79. The van der Waals surface area contributed by atoms with Crippen LogP contribution in [0.25, 0.3) is 0 Å². The van der Waals surface area contributed by atoms with Crippen molar-refractivity contribution in [2.45, 2.75) is 285 Å². The van der Waals surface area contributed by atoms with Crippen LogP contribution in [0, 0.1) is 17.3 Å². The average molecular weight is 1360 g/mol. The summed E-state index contributed by atoms with van der Waals surface area (Å²) in [6, 6.07) is 5.93. The lowest BCUT2D eigenvalue weighted by Crippen LogP contribution is -2.50. The van der Waals surface area contributed by atoms with E-state index in [2.05, 4.69) is 267 Å². The van der Waals surface area contributed by atoms with Gasteiger partial charge in [-0.25, -0.2) is 0 Å². The molecule has 94 heavy (non-hydrogen) atoms. The van der Waals surface area contributed by atoms with E-state index < -0.39 is 12.2 Å². The molecule has 4 aliphatic rings. The number of rotatable bonds is 26. The number of aliphatic hydroxyl groups is 4. The highest BCUT2D eigenvalue weighted by Gasteiger charge is 2.24. The first-order valence-corrected chi connectivity index (χ1v) is 36.4. The minimum Gasteiger partial charge on any atom is -0.395 e. The van der Waals surface area contributed by atoms with Crippen molar-refractivity contribution in [2.24, 2.45) is 23.0 Å². The number of carbonyl (C=O) groups is 1. The first-order valence-electron chi connectivity index (χ1n) is 36.4. The number of aliphatic hydroxyl groups excluding tert-OH is 4. The van der Waals surface area contributed by atoms with Crippen molar-refractivity contribution < 1.29 is 25.2 Å². The Kier molecular flexibility index (Phi) is 76.8. The van der Waals surface area contributed by atoms with Gasteiger partial charge in [0.15, 0.2) is 0 Å². The smallest absolute Gasteiger partial charge is 0.234 e. The molecule has 0 aromatic carbocycles. The fourth-order valence-electron chi connectivity index (χ4n) is 8.79. The summed E-state index contributed by atoms with van der Waals surface area (Å²) in [5, 5.41) is 44.7. The first-order chi connectivity index (χ1) is 42.4. The Hall–Kier alpha value is -1.21. The minimum absolute atomic E-state index is 0. The molecule has 9 N–H and O–H groups in total. The quantitative estimate of drug-likeness (QED) is 0.0408. The van der Waals surface area contributed by atoms with Crippen LogP contribution in [0.1, 0.15) is 213 Å². The summed E-state index contributed by atoms with van der Waals surface area (Å²) < 4.78 is 0. The third-order valence-corrected chi connectivity index (χ3v) is 16.9. The summed E-state index contributed by atoms with van der Waals surface area (Å²) in [4.78, 5) is 34.0. The SMILES string of the molecule is C.C.CC(C)N.CC(C)N(C)C.CC(C)N(C)CC(C)(C)CN(C)C.CC(C)N(C)CC1CC1.CC(C)N(C)CC1CCN(C)CC1.CC(C)N(C)CC[C@H](O)[C@H](O)CO.CC(C)N1CCNC(=O)C1.CC(C)N1CCNCC1.CCCN(CCO)C(C)C.CNC(C)C. The van der Waals surface area contributed by atoms with Gasteiger partial charge >= 0.3 is 0 Å². The molecule has 19 heteroatoms. The molecule has 1 amide bonds. The van der Waals surface area contributed by atoms with Crippen molar-refractivity contribution in [2.75, 3.05) is 188 Å². The highest BCUT2D eigenvalue weighted by Crippen LogP contribution is 2.29. The predicted octanol–water partition coefficient (Wildman–Crippen LogP) is 9.17. The molecule has 0 radical (unpaired) electrons. The number of carbonyl (C=O) groups excluding carboxylic acids is 1. The molecule has 3 heterocycles. The monoisotopic (exact) mass is 1360 g/mol. The lowest BCUT2D eigenvalue weighted by molar-refractivity contribution is -0.124. The Labute approximate surface area is 590 Å². The number of hydrogen-bond acceptors (Lipinski definition) is 18. The highest BCUT2D eigenvalue weighted by atomic mass is 16.4. The van der Waals surface area contributed by atoms with Gasteiger partial charge in [-0.05, 0) is 263 Å². The maximum atomic E-state index is 10.8. The summed E-state index contributed by atoms with van der Waals surface area (Å²) in [5.41, 5.74) is 5.49. The lowest BCUT2D eigenvalue weighted by Gasteiger charge is -2.34. The second kappa shape index (κ2) is 66.3. The molecule has 3 aliphatic heterocycles. The molecular formula is C75H178N14O5. The second-order valence-electron chi connectivity index (χ2n) is 30.7. The maximum Gasteiger partial charge on any atom is 0.234 e. The van der Waals surface area contributed by atoms with Gasteiger partial charge in [0.1, 0.15) is 6.10 Å². The normalized spacial score (nSPS) is 16.3. The molecule has 0 aromatic rings. The Bertz CT molecular complexity index is 1530. The molecule has 0 unspecified atom stereocenters. The van der Waals surface area contributed by atoms with Crippen LogP contribution in [0.5, 0.6) is 0 Å². The van der Waals surface area contributed by atoms with E-state index in [1.54, 1.807) is 0 Å². The number of hydrogen-bond donors (Lipinski definition) is 8. The largest absolute Gasteiger partial charge is 0.395 e. The molecule has 3 saturated heterocycles. The van der Waals surface area contributed by atoms with Crippen molar-refractivity contribution in [1.82, 2.24) is 64.9 Å². The van der Waals surface area contributed by atoms with E-state index in [4.69, 9.17) is 21.1 Å². The second-order valence-corrected chi connectivity index (χ2v) is 30.7. The number of piperidine rings is 1. The van der Waals surface area contributed by atoms with Gasteiger partial charge < -0.3 is 76.4 Å². The maximum absolute atomic E-state index is 10.8. The van der Waals surface area contributed by atoms with Gasteiger partial charge in [-0.2, -0.15) is 0 Å². The molecular weight excluding hydrogens is 1180 g/mol. The van der Waals surface area contributed by atoms with Crippen LogP contribution in [0.2, 0.25) is 0 Å². The molecule has 19 nitrogen and oxygen atoms in total. The lowest BCUT2D eigenvalue weighted by atomic mass is 9.92. The molecule has 0 bridgehead atoms. The number of nitrogens with zero attached hydrogens (tertiary/aromatic N) is 10. The van der Waals surface area contributed by atoms with Crippen LogP contribution >= 0.6 is 0 Å². The van der Waals surface area contributed by atoms with E-state index in [0.29, 0.717) is 66.7 Å². The minimum atomic E-state index is -1.01. The Morgan fingerprint density at radius 1 is 0.564 bits per heavy atom. The summed E-state index contributed by atoms with van der Waals surface area (Å²) in [7, 11) is 21.2. The van der Waals surface area contributed by atoms with E-state index >= 15 is 0 Å². The van der Waals surface area contributed by atoms with E-state index in [1.165, 1.54) is 65.0 Å². The number of likely N-dealkylation sites (tertiary alicyclic amines) is 1. The standard InChI is InChI=1S/C11H24N2.C11H26N2.C9H21NO3.C8H19NO.C8H17N.C7H14N2O.C7H16N2.C5H13N.C4H11N.C3H9N.2CH4/c1-10(2)13(4)9-11-5-7-12(3)8-6-11;1-10(2)13(7)9-11(3,4)8-12(5)6;1-7(2)10(3)5-4-8(12)9(13)6-11;1-4-5-9(6-7-10)8(2)3;1-7(2)9(3)6-8-4-5-8;1-6(2)9-4-3-8-7(10)5-9;1-7(2)9-5-3-8-4-6-9;1-5(2)6(3)4;1-4(2)5-3;1-3(2)4;;/h10-11H,5-9H2,1-4H3;10H,8-9H2,1-7H3;7-9,11-13H,4-6H2,1-3H3;8,10H,4-7H2,1-3H3;7-8H,4-6H2,1-3H3;6H,3-5H2,1-2H3,(H,8,10);7-8H,3-6H2,1-2H3;5H,1-4H3;4-5H,1-3H3;3H,4H2,1-2H3;2*1H4/t;;8-,9+;;;;;;;;;/m..0........./s1. The van der Waals surface area contributed by atoms with Gasteiger partial charge in [-0.15, -0.1) is 0 Å². The topological polar surface area (TPSA) is 193 Å². The molecule has 578 valence electrons. The van der Waals surface area contributed by atoms with Gasteiger partial charge in [-0.1, -0.05) is 63.3 Å². The van der Waals surface area contributed by atoms with Crippen LogP contribution < -0.4 is 21.7 Å². The van der Waals surface area contributed by atoms with Crippen molar-refractivity contribution >= 4 is 5.91 Å². The fraction of sp³-hybridized carbons (Fsp3) is 0.987. The van der Waals surface area contributed by atoms with Crippen molar-refractivity contribution in [1.29, 1.82) is 0 Å².